The van der Waals surface area contributed by atoms with E-state index in [4.69, 9.17) is 14.2 Å². The summed E-state index contributed by atoms with van der Waals surface area (Å²) in [7, 11) is 2.85. The van der Waals surface area contributed by atoms with Crippen molar-refractivity contribution in [2.45, 2.75) is 44.9 Å². The Kier molecular flexibility index (Phi) is 7.41. The van der Waals surface area contributed by atoms with Gasteiger partial charge >= 0.3 is 12.1 Å². The summed E-state index contributed by atoms with van der Waals surface area (Å²) >= 11 is 4.42. The van der Waals surface area contributed by atoms with Crippen LogP contribution in [0.5, 0.6) is 0 Å². The monoisotopic (exact) mass is 473 g/mol. The molecule has 0 saturated heterocycles. The lowest BCUT2D eigenvalue weighted by Crippen LogP contribution is -2.47. The molecule has 1 aliphatic heterocycles. The summed E-state index contributed by atoms with van der Waals surface area (Å²) in [5, 5.41) is 0. The van der Waals surface area contributed by atoms with E-state index >= 15 is 0 Å². The Morgan fingerprint density at radius 2 is 1.93 bits per heavy atom. The molecule has 0 N–H and O–H groups in total. The highest BCUT2D eigenvalue weighted by atomic mass is 79.9. The average molecular weight is 474 g/mol. The molecule has 1 amide bonds. The van der Waals surface area contributed by atoms with Gasteiger partial charge in [0, 0.05) is 18.0 Å². The van der Waals surface area contributed by atoms with Crippen LogP contribution in [0.4, 0.5) is 4.79 Å². The Hall–Kier alpha value is -1.71. The van der Waals surface area contributed by atoms with Crippen molar-refractivity contribution in [1.82, 2.24) is 4.90 Å². The zero-order chi connectivity index (χ0) is 21.1. The van der Waals surface area contributed by atoms with E-state index < -0.39 is 23.7 Å². The van der Waals surface area contributed by atoms with Crippen LogP contribution in [-0.4, -0.2) is 61.3 Å². The predicted octanol–water partition coefficient (Wildman–Crippen LogP) is 4.06. The van der Waals surface area contributed by atoms with Crippen LogP contribution in [-0.2, 0) is 14.2 Å². The highest BCUT2D eigenvalue weighted by Crippen LogP contribution is 2.31. The van der Waals surface area contributed by atoms with E-state index in [2.05, 4.69) is 15.9 Å². The number of ketones is 1. The van der Waals surface area contributed by atoms with E-state index in [1.165, 1.54) is 12.0 Å². The summed E-state index contributed by atoms with van der Waals surface area (Å²) in [4.78, 5) is 39.4. The molecule has 0 aromatic carbocycles. The molecular formula is C19H24BrNO6S. The molecule has 2 rings (SSSR count). The van der Waals surface area contributed by atoms with Crippen LogP contribution in [0.25, 0.3) is 0 Å². The number of hydrogen-bond donors (Lipinski definition) is 0. The Morgan fingerprint density at radius 1 is 1.25 bits per heavy atom. The van der Waals surface area contributed by atoms with E-state index in [1.54, 1.807) is 40.0 Å². The molecule has 1 aromatic rings. The molecule has 2 heterocycles. The molecule has 28 heavy (non-hydrogen) atoms. The maximum absolute atomic E-state index is 12.8. The number of Topliss-reactive ketones (excluding diaryl/α,β-unsaturated/α-hetero) is 1. The second-order valence-corrected chi connectivity index (χ2v) is 9.17. The summed E-state index contributed by atoms with van der Waals surface area (Å²) in [5.41, 5.74) is -0.622. The van der Waals surface area contributed by atoms with Crippen molar-refractivity contribution in [3.63, 3.8) is 0 Å². The van der Waals surface area contributed by atoms with E-state index in [0.717, 1.165) is 11.3 Å². The fourth-order valence-corrected chi connectivity index (χ4v) is 4.39. The topological polar surface area (TPSA) is 82.1 Å². The highest BCUT2D eigenvalue weighted by Gasteiger charge is 2.32. The van der Waals surface area contributed by atoms with Crippen LogP contribution in [0, 0.1) is 0 Å². The third-order valence-electron chi connectivity index (χ3n) is 3.97. The molecule has 0 saturated carbocycles. The summed E-state index contributed by atoms with van der Waals surface area (Å²) in [5.74, 6) is -0.667. The van der Waals surface area contributed by atoms with Crippen LogP contribution in [0.15, 0.2) is 22.7 Å². The minimum Gasteiger partial charge on any atom is -0.456 e. The van der Waals surface area contributed by atoms with Gasteiger partial charge in [-0.25, -0.2) is 9.59 Å². The number of carbonyl (C=O) groups excluding carboxylic acids is 3. The number of esters is 1. The lowest BCUT2D eigenvalue weighted by atomic mass is 10.0. The van der Waals surface area contributed by atoms with Crippen LogP contribution < -0.4 is 0 Å². The van der Waals surface area contributed by atoms with Crippen molar-refractivity contribution < 1.29 is 28.6 Å². The quantitative estimate of drug-likeness (QED) is 0.364. The number of halogens is 1. The summed E-state index contributed by atoms with van der Waals surface area (Å²) in [6.07, 6.45) is 2.88. The molecule has 154 valence electrons. The lowest BCUT2D eigenvalue weighted by Gasteiger charge is -2.33. The number of thiophene rings is 1. The SMILES string of the molecule is COC(=O)N1C[C@@H](OC)C=C[C@@H]1CC(=O)c1sc(C(=O)OC(C)(C)C)cc1Br. The van der Waals surface area contributed by atoms with Gasteiger partial charge in [0.05, 0.1) is 30.7 Å². The van der Waals surface area contributed by atoms with E-state index in [9.17, 15) is 14.4 Å². The van der Waals surface area contributed by atoms with Crippen LogP contribution in [0.1, 0.15) is 46.5 Å². The van der Waals surface area contributed by atoms with Crippen molar-refractivity contribution in [3.05, 3.63) is 32.4 Å². The van der Waals surface area contributed by atoms with Crippen molar-refractivity contribution >= 4 is 45.1 Å². The first-order valence-electron chi connectivity index (χ1n) is 8.67. The first-order chi connectivity index (χ1) is 13.1. The molecule has 9 heteroatoms. The van der Waals surface area contributed by atoms with Crippen molar-refractivity contribution in [1.29, 1.82) is 0 Å². The average Bonchev–Trinajstić information content (AvgIpc) is 3.02. The highest BCUT2D eigenvalue weighted by molar-refractivity contribution is 9.10. The molecule has 1 aromatic heterocycles. The zero-order valence-corrected chi connectivity index (χ0v) is 18.9. The van der Waals surface area contributed by atoms with Crippen LogP contribution in [0.2, 0.25) is 0 Å². The maximum Gasteiger partial charge on any atom is 0.410 e. The molecule has 1 aliphatic rings. The van der Waals surface area contributed by atoms with Crippen molar-refractivity contribution in [2.75, 3.05) is 20.8 Å². The molecule has 0 spiro atoms. The van der Waals surface area contributed by atoms with Gasteiger partial charge in [0.25, 0.3) is 0 Å². The minimum absolute atomic E-state index is 0.0644. The summed E-state index contributed by atoms with van der Waals surface area (Å²) < 4.78 is 16.0. The molecule has 7 nitrogen and oxygen atoms in total. The van der Waals surface area contributed by atoms with Gasteiger partial charge in [-0.1, -0.05) is 12.2 Å². The smallest absolute Gasteiger partial charge is 0.410 e. The van der Waals surface area contributed by atoms with Gasteiger partial charge < -0.3 is 14.2 Å². The Morgan fingerprint density at radius 3 is 2.50 bits per heavy atom. The molecule has 2 atom stereocenters. The molecular weight excluding hydrogens is 450 g/mol. The fourth-order valence-electron chi connectivity index (χ4n) is 2.68. The third-order valence-corrected chi connectivity index (χ3v) is 6.02. The van der Waals surface area contributed by atoms with Gasteiger partial charge in [-0.05, 0) is 42.8 Å². The number of ether oxygens (including phenoxy) is 3. The second-order valence-electron chi connectivity index (χ2n) is 7.27. The van der Waals surface area contributed by atoms with E-state index in [1.807, 2.05) is 6.08 Å². The van der Waals surface area contributed by atoms with Crippen molar-refractivity contribution in [2.24, 2.45) is 0 Å². The van der Waals surface area contributed by atoms with Gasteiger partial charge in [-0.15, -0.1) is 11.3 Å². The van der Waals surface area contributed by atoms with Gasteiger partial charge in [0.2, 0.25) is 0 Å². The first kappa shape index (κ1) is 22.6. The number of nitrogens with zero attached hydrogens (tertiary/aromatic N) is 1. The summed E-state index contributed by atoms with van der Waals surface area (Å²) in [6.45, 7) is 5.64. The van der Waals surface area contributed by atoms with Gasteiger partial charge in [-0.2, -0.15) is 0 Å². The summed E-state index contributed by atoms with van der Waals surface area (Å²) in [6, 6.07) is 1.13. The largest absolute Gasteiger partial charge is 0.456 e. The van der Waals surface area contributed by atoms with Gasteiger partial charge in [0.15, 0.2) is 5.78 Å². The Bertz CT molecular complexity index is 782. The normalized spacial score (nSPS) is 19.4. The predicted molar refractivity (Wildman–Crippen MR) is 109 cm³/mol. The molecule has 0 unspecified atom stereocenters. The molecule has 0 radical (unpaired) electrons. The molecule has 0 aliphatic carbocycles. The van der Waals surface area contributed by atoms with Crippen LogP contribution in [0.3, 0.4) is 0 Å². The fraction of sp³-hybridized carbons (Fsp3) is 0.526. The number of methoxy groups -OCH3 is 2. The van der Waals surface area contributed by atoms with Gasteiger partial charge in [0.1, 0.15) is 10.5 Å². The van der Waals surface area contributed by atoms with Crippen molar-refractivity contribution in [3.8, 4) is 0 Å². The lowest BCUT2D eigenvalue weighted by molar-refractivity contribution is 0.00750. The first-order valence-corrected chi connectivity index (χ1v) is 10.3. The second kappa shape index (κ2) is 9.19. The maximum atomic E-state index is 12.8. The molecule has 0 bridgehead atoms. The minimum atomic E-state index is -0.622. The molecule has 0 fully saturated rings. The Labute approximate surface area is 176 Å². The number of rotatable bonds is 5. The number of carbonyl (C=O) groups is 3. The number of hydrogen-bond acceptors (Lipinski definition) is 7. The van der Waals surface area contributed by atoms with E-state index in [0.29, 0.717) is 20.8 Å². The van der Waals surface area contributed by atoms with E-state index in [-0.39, 0.29) is 18.3 Å². The van der Waals surface area contributed by atoms with Gasteiger partial charge in [-0.3, -0.25) is 9.69 Å². The zero-order valence-electron chi connectivity index (χ0n) is 16.5. The van der Waals surface area contributed by atoms with Crippen LogP contribution >= 0.6 is 27.3 Å². The number of amides is 1. The standard InChI is InChI=1S/C19H24BrNO6S/c1-19(2,3)27-17(23)15-9-13(20)16(28-15)14(22)8-11-6-7-12(25-4)10-21(11)18(24)26-5/h6-7,9,11-12H,8,10H2,1-5H3/t11-,12+/m1/s1. The third kappa shape index (κ3) is 5.65. The Balaban J connectivity index is 2.17.